The lowest BCUT2D eigenvalue weighted by molar-refractivity contribution is 0.167. The summed E-state index contributed by atoms with van der Waals surface area (Å²) in [6.45, 7) is 6.12. The molecule has 4 heteroatoms. The van der Waals surface area contributed by atoms with Gasteiger partial charge in [0.1, 0.15) is 5.75 Å². The number of hydrogen-bond acceptors (Lipinski definition) is 3. The first kappa shape index (κ1) is 17.1. The molecule has 0 saturated carbocycles. The van der Waals surface area contributed by atoms with Gasteiger partial charge in [0.15, 0.2) is 0 Å². The van der Waals surface area contributed by atoms with Crippen molar-refractivity contribution in [1.82, 2.24) is 15.1 Å². The lowest BCUT2D eigenvalue weighted by atomic mass is 9.90. The molecule has 0 amide bonds. The van der Waals surface area contributed by atoms with Gasteiger partial charge in [-0.15, -0.1) is 0 Å². The molecule has 1 fully saturated rings. The highest BCUT2D eigenvalue weighted by Crippen LogP contribution is 2.24. The van der Waals surface area contributed by atoms with Gasteiger partial charge in [-0.3, -0.25) is 10.00 Å². The summed E-state index contributed by atoms with van der Waals surface area (Å²) in [5.41, 5.74) is 3.88. The van der Waals surface area contributed by atoms with E-state index < -0.39 is 0 Å². The molecule has 2 aromatic carbocycles. The van der Waals surface area contributed by atoms with Crippen LogP contribution in [-0.4, -0.2) is 34.8 Å². The Hall–Kier alpha value is -2.33. The second-order valence-electron chi connectivity index (χ2n) is 7.32. The average molecular weight is 349 g/mol. The summed E-state index contributed by atoms with van der Waals surface area (Å²) in [5, 5.41) is 8.37. The molecule has 2 heterocycles. The molecule has 4 nitrogen and oxygen atoms in total. The van der Waals surface area contributed by atoms with Gasteiger partial charge in [0.2, 0.25) is 0 Å². The first-order chi connectivity index (χ1) is 12.8. The van der Waals surface area contributed by atoms with E-state index in [2.05, 4.69) is 51.5 Å². The lowest BCUT2D eigenvalue weighted by Gasteiger charge is -2.33. The van der Waals surface area contributed by atoms with Crippen molar-refractivity contribution in [1.29, 1.82) is 0 Å². The van der Waals surface area contributed by atoms with Gasteiger partial charge in [-0.2, -0.15) is 5.10 Å². The Labute approximate surface area is 155 Å². The molecule has 1 saturated heterocycles. The first-order valence-corrected chi connectivity index (χ1v) is 9.66. The van der Waals surface area contributed by atoms with Crippen molar-refractivity contribution in [2.75, 3.05) is 19.7 Å². The van der Waals surface area contributed by atoms with Crippen molar-refractivity contribution >= 4 is 10.9 Å². The maximum Gasteiger partial charge on any atom is 0.119 e. The first-order valence-electron chi connectivity index (χ1n) is 9.66. The van der Waals surface area contributed by atoms with E-state index in [1.54, 1.807) is 0 Å². The molecule has 0 aliphatic carbocycles. The van der Waals surface area contributed by atoms with Gasteiger partial charge in [-0.1, -0.05) is 18.2 Å². The summed E-state index contributed by atoms with van der Waals surface area (Å²) in [6.07, 6.45) is 5.66. The van der Waals surface area contributed by atoms with Crippen molar-refractivity contribution in [2.45, 2.75) is 32.7 Å². The lowest BCUT2D eigenvalue weighted by Crippen LogP contribution is -2.35. The second-order valence-corrected chi connectivity index (χ2v) is 7.32. The number of nitrogens with one attached hydrogen (secondary N) is 1. The fraction of sp³-hybridized carbons (Fsp3) is 0.409. The van der Waals surface area contributed by atoms with Crippen molar-refractivity contribution < 1.29 is 4.74 Å². The van der Waals surface area contributed by atoms with Crippen LogP contribution in [0.1, 0.15) is 30.9 Å². The van der Waals surface area contributed by atoms with Gasteiger partial charge >= 0.3 is 0 Å². The molecule has 1 N–H and O–H groups in total. The smallest absolute Gasteiger partial charge is 0.119 e. The molecule has 1 aliphatic heterocycles. The summed E-state index contributed by atoms with van der Waals surface area (Å²) >= 11 is 0. The van der Waals surface area contributed by atoms with E-state index in [0.29, 0.717) is 0 Å². The van der Waals surface area contributed by atoms with Crippen LogP contribution in [0.4, 0.5) is 0 Å². The van der Waals surface area contributed by atoms with Crippen molar-refractivity contribution in [3.8, 4) is 5.75 Å². The number of aromatic amines is 1. The molecule has 1 aliphatic rings. The van der Waals surface area contributed by atoms with Crippen LogP contribution in [0.3, 0.4) is 0 Å². The zero-order valence-corrected chi connectivity index (χ0v) is 15.4. The summed E-state index contributed by atoms with van der Waals surface area (Å²) in [5.74, 6) is 1.70. The van der Waals surface area contributed by atoms with E-state index in [1.165, 1.54) is 42.4 Å². The summed E-state index contributed by atoms with van der Waals surface area (Å²) in [4.78, 5) is 2.59. The number of likely N-dealkylation sites (tertiary alicyclic amines) is 1. The van der Waals surface area contributed by atoms with Crippen LogP contribution >= 0.6 is 0 Å². The summed E-state index contributed by atoms with van der Waals surface area (Å²) < 4.78 is 5.64. The highest BCUT2D eigenvalue weighted by Gasteiger charge is 2.20. The number of fused-ring (bicyclic) bond motifs is 1. The van der Waals surface area contributed by atoms with E-state index >= 15 is 0 Å². The number of H-pyrrole nitrogens is 1. The third kappa shape index (κ3) is 4.07. The zero-order chi connectivity index (χ0) is 17.8. The molecule has 26 heavy (non-hydrogen) atoms. The quantitative estimate of drug-likeness (QED) is 0.716. The Bertz CT molecular complexity index is 857. The number of aromatic nitrogens is 2. The minimum atomic E-state index is 0.719. The molecule has 1 aromatic heterocycles. The van der Waals surface area contributed by atoms with Gasteiger partial charge < -0.3 is 4.74 Å². The summed E-state index contributed by atoms with van der Waals surface area (Å²) in [6, 6.07) is 15.2. The maximum absolute atomic E-state index is 5.64. The SMILES string of the molecule is CCOc1cccc(CN2CCCC(Cc3ccc4[nH]ncc4c3)C2)c1. The number of hydrogen-bond donors (Lipinski definition) is 1. The third-order valence-electron chi connectivity index (χ3n) is 5.25. The molecule has 136 valence electrons. The molecular formula is C22H27N3O. The predicted molar refractivity (Wildman–Crippen MR) is 105 cm³/mol. The minimum absolute atomic E-state index is 0.719. The van der Waals surface area contributed by atoms with Crippen molar-refractivity contribution in [3.05, 3.63) is 59.8 Å². The van der Waals surface area contributed by atoms with Gasteiger partial charge in [0.25, 0.3) is 0 Å². The number of benzene rings is 2. The van der Waals surface area contributed by atoms with Crippen LogP contribution in [0.5, 0.6) is 5.75 Å². The van der Waals surface area contributed by atoms with Crippen LogP contribution in [-0.2, 0) is 13.0 Å². The zero-order valence-electron chi connectivity index (χ0n) is 15.4. The molecule has 3 aromatic rings. The van der Waals surface area contributed by atoms with Gasteiger partial charge in [-0.25, -0.2) is 0 Å². The maximum atomic E-state index is 5.64. The van der Waals surface area contributed by atoms with E-state index in [9.17, 15) is 0 Å². The van der Waals surface area contributed by atoms with E-state index in [1.807, 2.05) is 19.2 Å². The predicted octanol–water partition coefficient (Wildman–Crippen LogP) is 4.42. The topological polar surface area (TPSA) is 41.1 Å². The average Bonchev–Trinajstić information content (AvgIpc) is 3.10. The Morgan fingerprint density at radius 1 is 1.19 bits per heavy atom. The largest absolute Gasteiger partial charge is 0.494 e. The van der Waals surface area contributed by atoms with Crippen molar-refractivity contribution in [2.24, 2.45) is 5.92 Å². The molecule has 0 radical (unpaired) electrons. The molecule has 0 bridgehead atoms. The number of ether oxygens (including phenoxy) is 1. The monoisotopic (exact) mass is 349 g/mol. The minimum Gasteiger partial charge on any atom is -0.494 e. The van der Waals surface area contributed by atoms with Crippen LogP contribution in [0, 0.1) is 5.92 Å². The highest BCUT2D eigenvalue weighted by atomic mass is 16.5. The molecule has 1 atom stereocenters. The second kappa shape index (κ2) is 7.92. The fourth-order valence-corrected chi connectivity index (χ4v) is 4.07. The van der Waals surface area contributed by atoms with Gasteiger partial charge in [-0.05, 0) is 74.0 Å². The molecule has 1 unspecified atom stereocenters. The molecular weight excluding hydrogens is 322 g/mol. The Morgan fingerprint density at radius 3 is 3.08 bits per heavy atom. The fourth-order valence-electron chi connectivity index (χ4n) is 4.07. The Morgan fingerprint density at radius 2 is 2.15 bits per heavy atom. The van der Waals surface area contributed by atoms with Gasteiger partial charge in [0, 0.05) is 18.5 Å². The van der Waals surface area contributed by atoms with Gasteiger partial charge in [0.05, 0.1) is 18.3 Å². The normalized spacial score (nSPS) is 18.3. The van der Waals surface area contributed by atoms with E-state index in [4.69, 9.17) is 4.74 Å². The van der Waals surface area contributed by atoms with Crippen LogP contribution in [0.25, 0.3) is 10.9 Å². The van der Waals surface area contributed by atoms with E-state index in [-0.39, 0.29) is 0 Å². The molecule has 4 rings (SSSR count). The van der Waals surface area contributed by atoms with Crippen LogP contribution in [0.15, 0.2) is 48.7 Å². The van der Waals surface area contributed by atoms with E-state index in [0.717, 1.165) is 36.8 Å². The van der Waals surface area contributed by atoms with Crippen LogP contribution < -0.4 is 4.74 Å². The molecule has 0 spiro atoms. The summed E-state index contributed by atoms with van der Waals surface area (Å²) in [7, 11) is 0. The van der Waals surface area contributed by atoms with Crippen LogP contribution in [0.2, 0.25) is 0 Å². The standard InChI is InChI=1S/C22H27N3O/c1-2-26-21-7-3-5-19(13-21)16-25-10-4-6-18(15-25)11-17-8-9-22-20(12-17)14-23-24-22/h3,5,7-9,12-14,18H,2,4,6,10-11,15-16H2,1H3,(H,23,24). The number of piperidine rings is 1. The number of rotatable bonds is 6. The Kier molecular flexibility index (Phi) is 5.21. The highest BCUT2D eigenvalue weighted by molar-refractivity contribution is 5.78. The third-order valence-corrected chi connectivity index (χ3v) is 5.25. The number of nitrogens with zero attached hydrogens (tertiary/aromatic N) is 2. The Balaban J connectivity index is 1.38. The van der Waals surface area contributed by atoms with Crippen molar-refractivity contribution in [3.63, 3.8) is 0 Å².